The van der Waals surface area contributed by atoms with E-state index in [2.05, 4.69) is 15.5 Å². The minimum absolute atomic E-state index is 0.127. The molecule has 0 aliphatic rings. The van der Waals surface area contributed by atoms with Gasteiger partial charge >= 0.3 is 5.16 Å². The zero-order valence-electron chi connectivity index (χ0n) is 12.9. The Morgan fingerprint density at radius 1 is 1.39 bits per heavy atom. The van der Waals surface area contributed by atoms with Crippen LogP contribution in [0.25, 0.3) is 11.0 Å². The highest BCUT2D eigenvalue weighted by Gasteiger charge is 2.16. The zero-order valence-corrected chi connectivity index (χ0v) is 14.5. The number of rotatable bonds is 5. The number of hydrogen-bond donors (Lipinski definition) is 2. The molecule has 0 aliphatic carbocycles. The third kappa shape index (κ3) is 3.80. The van der Waals surface area contributed by atoms with Gasteiger partial charge in [0, 0.05) is 9.75 Å². The molecule has 0 fully saturated rings. The van der Waals surface area contributed by atoms with Crippen LogP contribution in [0, 0.1) is 6.92 Å². The molecule has 0 spiro atoms. The number of nitrogens with zero attached hydrogens (tertiary/aromatic N) is 2. The Morgan fingerprint density at radius 2 is 2.22 bits per heavy atom. The number of H-pyrrole nitrogens is 1. The summed E-state index contributed by atoms with van der Waals surface area (Å²) in [6.45, 7) is 2.04. The SMILES string of the molecule is Cc1ccc(C=NNC(=O)CSc2[nH]c3ccccc3[n+]2C)s1. The lowest BCUT2D eigenvalue weighted by Crippen LogP contribution is -2.30. The average Bonchev–Trinajstić information content (AvgIpc) is 3.10. The van der Waals surface area contributed by atoms with Gasteiger partial charge in [-0.3, -0.25) is 4.79 Å². The second-order valence-corrected chi connectivity index (χ2v) is 7.32. The van der Waals surface area contributed by atoms with Gasteiger partial charge in [0.15, 0.2) is 11.0 Å². The molecule has 5 nitrogen and oxygen atoms in total. The smallest absolute Gasteiger partial charge is 0.272 e. The van der Waals surface area contributed by atoms with Crippen molar-refractivity contribution in [3.63, 3.8) is 0 Å². The van der Waals surface area contributed by atoms with Gasteiger partial charge in [-0.15, -0.1) is 11.3 Å². The van der Waals surface area contributed by atoms with Gasteiger partial charge in [0.1, 0.15) is 0 Å². The van der Waals surface area contributed by atoms with E-state index < -0.39 is 0 Å². The molecule has 2 aromatic heterocycles. The summed E-state index contributed by atoms with van der Waals surface area (Å²) in [5, 5.41) is 4.93. The largest absolute Gasteiger partial charge is 0.317 e. The number of aromatic nitrogens is 2. The normalized spacial score (nSPS) is 11.4. The number of carbonyl (C=O) groups excluding carboxylic acids is 1. The summed E-state index contributed by atoms with van der Waals surface area (Å²) in [7, 11) is 1.98. The van der Waals surface area contributed by atoms with Gasteiger partial charge in [0.2, 0.25) is 0 Å². The maximum atomic E-state index is 11.9. The predicted molar refractivity (Wildman–Crippen MR) is 95.0 cm³/mol. The van der Waals surface area contributed by atoms with E-state index in [0.29, 0.717) is 5.75 Å². The number of thioether (sulfide) groups is 1. The van der Waals surface area contributed by atoms with Crippen LogP contribution >= 0.6 is 23.1 Å². The molecule has 0 radical (unpaired) electrons. The highest BCUT2D eigenvalue weighted by Crippen LogP contribution is 2.16. The maximum absolute atomic E-state index is 11.9. The van der Waals surface area contributed by atoms with Crippen LogP contribution < -0.4 is 9.99 Å². The first kappa shape index (κ1) is 15.8. The minimum atomic E-state index is -0.127. The third-order valence-electron chi connectivity index (χ3n) is 3.29. The Balaban J connectivity index is 1.56. The topological polar surface area (TPSA) is 61.1 Å². The van der Waals surface area contributed by atoms with E-state index in [9.17, 15) is 4.79 Å². The lowest BCUT2D eigenvalue weighted by atomic mass is 10.3. The first-order chi connectivity index (χ1) is 11.1. The minimum Gasteiger partial charge on any atom is -0.272 e. The van der Waals surface area contributed by atoms with Crippen LogP contribution in [0.15, 0.2) is 46.7 Å². The molecular weight excluding hydrogens is 328 g/mol. The summed E-state index contributed by atoms with van der Waals surface area (Å²) < 4.78 is 2.05. The van der Waals surface area contributed by atoms with Gasteiger partial charge in [-0.1, -0.05) is 12.1 Å². The van der Waals surface area contributed by atoms with Crippen LogP contribution in [0.4, 0.5) is 0 Å². The van der Waals surface area contributed by atoms with E-state index in [0.717, 1.165) is 21.1 Å². The number of aryl methyl sites for hydroxylation is 2. The Bertz CT molecular complexity index is 866. The van der Waals surface area contributed by atoms with Crippen molar-refractivity contribution < 1.29 is 9.36 Å². The molecule has 23 heavy (non-hydrogen) atoms. The number of aromatic amines is 1. The molecule has 3 aromatic rings. The Hall–Kier alpha value is -2.12. The van der Waals surface area contributed by atoms with Gasteiger partial charge in [0.25, 0.3) is 5.91 Å². The standard InChI is InChI=1S/C16H16N4OS2/c1-11-7-8-12(23-11)9-17-19-15(21)10-22-16-18-13-5-3-4-6-14(13)20(16)2/h3-9H,10H2,1-2H3,(H,19,21)/p+1. The number of amides is 1. The summed E-state index contributed by atoms with van der Waals surface area (Å²) in [4.78, 5) is 17.4. The fourth-order valence-electron chi connectivity index (χ4n) is 2.17. The molecule has 3 rings (SSSR count). The number of imidazole rings is 1. The highest BCUT2D eigenvalue weighted by atomic mass is 32.2. The number of nitrogens with one attached hydrogen (secondary N) is 2. The number of fused-ring (bicyclic) bond motifs is 1. The van der Waals surface area contributed by atoms with Gasteiger partial charge in [-0.05, 0) is 43.0 Å². The number of para-hydroxylation sites is 2. The van der Waals surface area contributed by atoms with Crippen molar-refractivity contribution >= 4 is 46.3 Å². The number of hydrazone groups is 1. The van der Waals surface area contributed by atoms with E-state index in [1.54, 1.807) is 17.6 Å². The van der Waals surface area contributed by atoms with Crippen LogP contribution in [0.2, 0.25) is 0 Å². The fraction of sp³-hybridized carbons (Fsp3) is 0.188. The zero-order chi connectivity index (χ0) is 16.2. The maximum Gasteiger partial charge on any atom is 0.317 e. The van der Waals surface area contributed by atoms with Gasteiger partial charge in [-0.2, -0.15) is 5.10 Å². The summed E-state index contributed by atoms with van der Waals surface area (Å²) in [5.74, 6) is 0.180. The molecule has 1 amide bonds. The molecule has 0 unspecified atom stereocenters. The molecule has 0 atom stereocenters. The van der Waals surface area contributed by atoms with Crippen molar-refractivity contribution in [1.82, 2.24) is 10.4 Å². The molecule has 118 valence electrons. The molecule has 0 saturated carbocycles. The number of thiophene rings is 1. The first-order valence-electron chi connectivity index (χ1n) is 7.11. The number of hydrogen-bond acceptors (Lipinski definition) is 4. The Labute approximate surface area is 142 Å². The lowest BCUT2D eigenvalue weighted by Gasteiger charge is -1.97. The number of benzene rings is 1. The van der Waals surface area contributed by atoms with Crippen molar-refractivity contribution in [2.45, 2.75) is 12.1 Å². The molecule has 0 aliphatic heterocycles. The number of carbonyl (C=O) groups is 1. The van der Waals surface area contributed by atoms with Crippen molar-refractivity contribution in [2.75, 3.05) is 5.75 Å². The summed E-state index contributed by atoms with van der Waals surface area (Å²) in [6.07, 6.45) is 1.67. The van der Waals surface area contributed by atoms with Crippen LogP contribution in [0.5, 0.6) is 0 Å². The van der Waals surface area contributed by atoms with Gasteiger partial charge in [0.05, 0.1) is 19.0 Å². The van der Waals surface area contributed by atoms with E-state index >= 15 is 0 Å². The third-order valence-corrected chi connectivity index (χ3v) is 5.28. The lowest BCUT2D eigenvalue weighted by molar-refractivity contribution is -0.683. The quantitative estimate of drug-likeness (QED) is 0.323. The summed E-state index contributed by atoms with van der Waals surface area (Å²) in [5.41, 5.74) is 4.73. The molecule has 7 heteroatoms. The molecular formula is C16H17N4OS2+. The molecule has 0 bridgehead atoms. The van der Waals surface area contributed by atoms with Crippen molar-refractivity contribution in [1.29, 1.82) is 0 Å². The first-order valence-corrected chi connectivity index (χ1v) is 8.91. The summed E-state index contributed by atoms with van der Waals surface area (Å²) in [6, 6.07) is 12.1. The summed E-state index contributed by atoms with van der Waals surface area (Å²) >= 11 is 3.10. The van der Waals surface area contributed by atoms with Gasteiger partial charge in [-0.25, -0.2) is 15.0 Å². The van der Waals surface area contributed by atoms with Crippen molar-refractivity contribution in [3.05, 3.63) is 46.2 Å². The van der Waals surface area contributed by atoms with E-state index in [1.165, 1.54) is 16.6 Å². The van der Waals surface area contributed by atoms with Crippen LogP contribution in [0.1, 0.15) is 9.75 Å². The molecule has 2 heterocycles. The van der Waals surface area contributed by atoms with E-state index in [-0.39, 0.29) is 5.91 Å². The second-order valence-electron chi connectivity index (χ2n) is 5.04. The molecule has 1 aromatic carbocycles. The Kier molecular flexibility index (Phi) is 4.78. The van der Waals surface area contributed by atoms with Crippen LogP contribution in [0.3, 0.4) is 0 Å². The molecule has 0 saturated heterocycles. The van der Waals surface area contributed by atoms with Crippen molar-refractivity contribution in [2.24, 2.45) is 12.1 Å². The van der Waals surface area contributed by atoms with Crippen LogP contribution in [-0.2, 0) is 11.8 Å². The van der Waals surface area contributed by atoms with Gasteiger partial charge < -0.3 is 0 Å². The monoisotopic (exact) mass is 345 g/mol. The predicted octanol–water partition coefficient (Wildman–Crippen LogP) is 2.60. The average molecular weight is 345 g/mol. The fourth-order valence-corrected chi connectivity index (χ4v) is 3.73. The van der Waals surface area contributed by atoms with Crippen LogP contribution in [-0.4, -0.2) is 22.9 Å². The molecule has 2 N–H and O–H groups in total. The van der Waals surface area contributed by atoms with E-state index in [4.69, 9.17) is 0 Å². The second kappa shape index (κ2) is 6.97. The highest BCUT2D eigenvalue weighted by molar-refractivity contribution is 7.99. The van der Waals surface area contributed by atoms with E-state index in [1.807, 2.05) is 54.9 Å². The van der Waals surface area contributed by atoms with Crippen molar-refractivity contribution in [3.8, 4) is 0 Å². The Morgan fingerprint density at radius 3 is 2.96 bits per heavy atom.